The van der Waals surface area contributed by atoms with E-state index in [9.17, 15) is 13.6 Å². The highest BCUT2D eigenvalue weighted by atomic mass is 19.1. The molecule has 1 aromatic rings. The van der Waals surface area contributed by atoms with Gasteiger partial charge in [0.1, 0.15) is 11.6 Å². The van der Waals surface area contributed by atoms with E-state index in [0.29, 0.717) is 0 Å². The molecule has 1 unspecified atom stereocenters. The lowest BCUT2D eigenvalue weighted by atomic mass is 9.95. The maximum absolute atomic E-state index is 13.2. The van der Waals surface area contributed by atoms with E-state index in [4.69, 9.17) is 10.8 Å². The Morgan fingerprint density at radius 2 is 1.93 bits per heavy atom. The van der Waals surface area contributed by atoms with E-state index < -0.39 is 23.5 Å². The SMILES string of the molecule is NCC(CC(=O)O)c1c(F)cccc1F. The van der Waals surface area contributed by atoms with Crippen molar-refractivity contribution in [2.24, 2.45) is 5.73 Å². The average molecular weight is 215 g/mol. The van der Waals surface area contributed by atoms with E-state index in [2.05, 4.69) is 0 Å². The lowest BCUT2D eigenvalue weighted by molar-refractivity contribution is -0.137. The summed E-state index contributed by atoms with van der Waals surface area (Å²) in [5.41, 5.74) is 5.05. The number of carbonyl (C=O) groups is 1. The molecule has 0 aliphatic heterocycles. The average Bonchev–Trinajstić information content (AvgIpc) is 2.15. The molecule has 3 nitrogen and oxygen atoms in total. The van der Waals surface area contributed by atoms with Crippen LogP contribution >= 0.6 is 0 Å². The van der Waals surface area contributed by atoms with Crippen molar-refractivity contribution in [1.29, 1.82) is 0 Å². The van der Waals surface area contributed by atoms with Gasteiger partial charge in [-0.05, 0) is 18.7 Å². The molecule has 0 aliphatic rings. The van der Waals surface area contributed by atoms with Crippen molar-refractivity contribution in [2.45, 2.75) is 12.3 Å². The molecule has 5 heteroatoms. The molecule has 1 rings (SSSR count). The van der Waals surface area contributed by atoms with Gasteiger partial charge in [0.05, 0.1) is 6.42 Å². The Kier molecular flexibility index (Phi) is 3.74. The Labute approximate surface area is 85.5 Å². The van der Waals surface area contributed by atoms with Crippen LogP contribution in [0.15, 0.2) is 18.2 Å². The molecule has 0 spiro atoms. The summed E-state index contributed by atoms with van der Waals surface area (Å²) < 4.78 is 26.5. The van der Waals surface area contributed by atoms with Gasteiger partial charge in [-0.1, -0.05) is 6.07 Å². The molecule has 0 saturated carbocycles. The molecule has 0 fully saturated rings. The quantitative estimate of drug-likeness (QED) is 0.799. The van der Waals surface area contributed by atoms with E-state index in [1.165, 1.54) is 6.07 Å². The Hall–Kier alpha value is -1.49. The van der Waals surface area contributed by atoms with Crippen LogP contribution in [0, 0.1) is 11.6 Å². The molecule has 1 aromatic carbocycles. The van der Waals surface area contributed by atoms with E-state index in [1.807, 2.05) is 0 Å². The molecular formula is C10H11F2NO2. The first-order chi connectivity index (χ1) is 7.06. The van der Waals surface area contributed by atoms with E-state index >= 15 is 0 Å². The standard InChI is InChI=1S/C10H11F2NO2/c11-7-2-1-3-8(12)10(7)6(5-13)4-9(14)15/h1-3,6H,4-5,13H2,(H,14,15). The van der Waals surface area contributed by atoms with Gasteiger partial charge in [0.2, 0.25) is 0 Å². The number of aliphatic carboxylic acids is 1. The van der Waals surface area contributed by atoms with Gasteiger partial charge in [-0.15, -0.1) is 0 Å². The molecule has 0 bridgehead atoms. The number of hydrogen-bond donors (Lipinski definition) is 2. The summed E-state index contributed by atoms with van der Waals surface area (Å²) in [6.07, 6.45) is -0.381. The maximum Gasteiger partial charge on any atom is 0.304 e. The highest BCUT2D eigenvalue weighted by Gasteiger charge is 2.21. The van der Waals surface area contributed by atoms with E-state index in [-0.39, 0.29) is 18.5 Å². The van der Waals surface area contributed by atoms with Gasteiger partial charge in [0, 0.05) is 11.5 Å². The maximum atomic E-state index is 13.2. The summed E-state index contributed by atoms with van der Waals surface area (Å²) >= 11 is 0. The summed E-state index contributed by atoms with van der Waals surface area (Å²) in [5, 5.41) is 8.56. The molecule has 3 N–H and O–H groups in total. The van der Waals surface area contributed by atoms with Crippen LogP contribution in [0.1, 0.15) is 17.9 Å². The molecule has 0 heterocycles. The third-order valence-electron chi connectivity index (χ3n) is 2.11. The van der Waals surface area contributed by atoms with Crippen LogP contribution in [0.2, 0.25) is 0 Å². The minimum Gasteiger partial charge on any atom is -0.481 e. The minimum absolute atomic E-state index is 0.107. The van der Waals surface area contributed by atoms with Gasteiger partial charge in [0.25, 0.3) is 0 Å². The predicted octanol–water partition coefficient (Wildman–Crippen LogP) is 1.48. The molecule has 0 amide bonds. The van der Waals surface area contributed by atoms with Crippen molar-refractivity contribution in [1.82, 2.24) is 0 Å². The first-order valence-electron chi connectivity index (χ1n) is 4.42. The molecular weight excluding hydrogens is 204 g/mol. The van der Waals surface area contributed by atoms with Crippen LogP contribution in [0.3, 0.4) is 0 Å². The van der Waals surface area contributed by atoms with Crippen molar-refractivity contribution >= 4 is 5.97 Å². The van der Waals surface area contributed by atoms with Gasteiger partial charge in [-0.3, -0.25) is 4.79 Å². The van der Waals surface area contributed by atoms with E-state index in [1.54, 1.807) is 0 Å². The van der Waals surface area contributed by atoms with Gasteiger partial charge < -0.3 is 10.8 Å². The fourth-order valence-corrected chi connectivity index (χ4v) is 1.41. The number of benzene rings is 1. The number of hydrogen-bond acceptors (Lipinski definition) is 2. The lowest BCUT2D eigenvalue weighted by Crippen LogP contribution is -2.18. The Morgan fingerprint density at radius 3 is 2.33 bits per heavy atom. The zero-order valence-corrected chi connectivity index (χ0v) is 7.91. The van der Waals surface area contributed by atoms with Crippen LogP contribution in [0.5, 0.6) is 0 Å². The van der Waals surface area contributed by atoms with Crippen molar-refractivity contribution < 1.29 is 18.7 Å². The largest absolute Gasteiger partial charge is 0.481 e. The Bertz CT molecular complexity index is 348. The minimum atomic E-state index is -1.13. The van der Waals surface area contributed by atoms with Crippen LogP contribution in [0.25, 0.3) is 0 Å². The Morgan fingerprint density at radius 1 is 1.40 bits per heavy atom. The third kappa shape index (κ3) is 2.73. The highest BCUT2D eigenvalue weighted by Crippen LogP contribution is 2.24. The summed E-state index contributed by atoms with van der Waals surface area (Å²) in [6.45, 7) is -0.107. The second kappa shape index (κ2) is 4.84. The number of nitrogens with two attached hydrogens (primary N) is 1. The first kappa shape index (κ1) is 11.6. The van der Waals surface area contributed by atoms with Gasteiger partial charge in [0.15, 0.2) is 0 Å². The zero-order chi connectivity index (χ0) is 11.4. The van der Waals surface area contributed by atoms with Crippen molar-refractivity contribution in [3.63, 3.8) is 0 Å². The van der Waals surface area contributed by atoms with Crippen molar-refractivity contribution in [3.8, 4) is 0 Å². The zero-order valence-electron chi connectivity index (χ0n) is 7.91. The second-order valence-corrected chi connectivity index (χ2v) is 3.17. The number of halogens is 2. The second-order valence-electron chi connectivity index (χ2n) is 3.17. The first-order valence-corrected chi connectivity index (χ1v) is 4.42. The molecule has 1 atom stereocenters. The fraction of sp³-hybridized carbons (Fsp3) is 0.300. The summed E-state index contributed by atoms with van der Waals surface area (Å²) in [5.74, 6) is -3.48. The third-order valence-corrected chi connectivity index (χ3v) is 2.11. The monoisotopic (exact) mass is 215 g/mol. The van der Waals surface area contributed by atoms with Crippen molar-refractivity contribution in [3.05, 3.63) is 35.4 Å². The summed E-state index contributed by atoms with van der Waals surface area (Å²) in [4.78, 5) is 10.5. The molecule has 82 valence electrons. The summed E-state index contributed by atoms with van der Waals surface area (Å²) in [7, 11) is 0. The molecule has 15 heavy (non-hydrogen) atoms. The predicted molar refractivity (Wildman–Crippen MR) is 50.4 cm³/mol. The molecule has 0 aliphatic carbocycles. The molecule has 0 radical (unpaired) electrons. The Balaban J connectivity index is 3.05. The fourth-order valence-electron chi connectivity index (χ4n) is 1.41. The number of rotatable bonds is 4. The topological polar surface area (TPSA) is 63.3 Å². The van der Waals surface area contributed by atoms with Gasteiger partial charge in [-0.2, -0.15) is 0 Å². The lowest BCUT2D eigenvalue weighted by Gasteiger charge is -2.14. The van der Waals surface area contributed by atoms with Crippen molar-refractivity contribution in [2.75, 3.05) is 6.54 Å². The number of carboxylic acids is 1. The highest BCUT2D eigenvalue weighted by molar-refractivity contribution is 5.68. The van der Waals surface area contributed by atoms with Crippen LogP contribution in [0.4, 0.5) is 8.78 Å². The van der Waals surface area contributed by atoms with E-state index in [0.717, 1.165) is 12.1 Å². The van der Waals surface area contributed by atoms with Gasteiger partial charge in [-0.25, -0.2) is 8.78 Å². The number of carboxylic acid groups (broad SMARTS) is 1. The molecule has 0 saturated heterocycles. The van der Waals surface area contributed by atoms with Crippen LogP contribution in [-0.2, 0) is 4.79 Å². The molecule has 0 aromatic heterocycles. The van der Waals surface area contributed by atoms with Crippen LogP contribution in [-0.4, -0.2) is 17.6 Å². The van der Waals surface area contributed by atoms with Crippen LogP contribution < -0.4 is 5.73 Å². The normalized spacial score (nSPS) is 12.5. The summed E-state index contributed by atoms with van der Waals surface area (Å²) in [6, 6.07) is 3.40. The smallest absolute Gasteiger partial charge is 0.304 e. The van der Waals surface area contributed by atoms with Gasteiger partial charge >= 0.3 is 5.97 Å².